The van der Waals surface area contributed by atoms with E-state index >= 15 is 0 Å². The summed E-state index contributed by atoms with van der Waals surface area (Å²) in [4.78, 5) is 22.6. The molecule has 3 heteroatoms. The van der Waals surface area contributed by atoms with Crippen molar-refractivity contribution >= 4 is 24.2 Å². The van der Waals surface area contributed by atoms with Gasteiger partial charge in [-0.2, -0.15) is 0 Å². The quantitative estimate of drug-likeness (QED) is 0.462. The van der Waals surface area contributed by atoms with Gasteiger partial charge in [0.25, 0.3) is 0 Å². The zero-order valence-corrected chi connectivity index (χ0v) is 12.2. The maximum Gasteiger partial charge on any atom is 0.185 e. The predicted octanol–water partition coefficient (Wildman–Crippen LogP) is 3.80. The first-order valence-corrected chi connectivity index (χ1v) is 6.82. The van der Waals surface area contributed by atoms with E-state index in [2.05, 4.69) is 0 Å². The molecule has 0 unspecified atom stereocenters. The van der Waals surface area contributed by atoms with E-state index in [9.17, 15) is 9.59 Å². The van der Waals surface area contributed by atoms with Crippen LogP contribution in [0.3, 0.4) is 0 Å². The summed E-state index contributed by atoms with van der Waals surface area (Å²) in [5, 5.41) is 0. The van der Waals surface area contributed by atoms with Crippen molar-refractivity contribution in [2.45, 2.75) is 0 Å². The zero-order chi connectivity index (χ0) is 15.8. The van der Waals surface area contributed by atoms with E-state index in [-0.39, 0.29) is 5.78 Å². The van der Waals surface area contributed by atoms with Crippen molar-refractivity contribution in [1.29, 1.82) is 0 Å². The third kappa shape index (κ3) is 4.03. The first-order valence-electron chi connectivity index (χ1n) is 6.82. The fourth-order valence-electron chi connectivity index (χ4n) is 1.97. The Balaban J connectivity index is 2.18. The Kier molecular flexibility index (Phi) is 5.44. The summed E-state index contributed by atoms with van der Waals surface area (Å²) in [5.74, 6) is 0.627. The first-order chi connectivity index (χ1) is 10.7. The molecule has 3 nitrogen and oxygen atoms in total. The number of ketones is 1. The molecule has 0 radical (unpaired) electrons. The van der Waals surface area contributed by atoms with Gasteiger partial charge in [-0.1, -0.05) is 36.4 Å². The van der Waals surface area contributed by atoms with Crippen molar-refractivity contribution in [3.8, 4) is 5.75 Å². The van der Waals surface area contributed by atoms with Crippen LogP contribution in [0.2, 0.25) is 0 Å². The lowest BCUT2D eigenvalue weighted by Crippen LogP contribution is -1.94. The van der Waals surface area contributed by atoms with Crippen molar-refractivity contribution in [2.24, 2.45) is 0 Å². The smallest absolute Gasteiger partial charge is 0.185 e. The number of benzene rings is 2. The Bertz CT molecular complexity index is 710. The molecule has 0 bridgehead atoms. The molecule has 0 amide bonds. The average Bonchev–Trinajstić information content (AvgIpc) is 2.58. The van der Waals surface area contributed by atoms with E-state index in [1.54, 1.807) is 43.5 Å². The van der Waals surface area contributed by atoms with Crippen molar-refractivity contribution in [3.63, 3.8) is 0 Å². The predicted molar refractivity (Wildman–Crippen MR) is 87.9 cm³/mol. The molecular formula is C19H16O3. The third-order valence-electron chi connectivity index (χ3n) is 3.14. The fraction of sp³-hybridized carbons (Fsp3) is 0.0526. The normalized spacial score (nSPS) is 11.0. The molecule has 2 aromatic rings. The monoisotopic (exact) mass is 292 g/mol. The second-order valence-electron chi connectivity index (χ2n) is 4.55. The van der Waals surface area contributed by atoms with Gasteiger partial charge in [-0.15, -0.1) is 0 Å². The SMILES string of the molecule is COc1ccc(C(=O)/C=C/c2ccccc2/C=C/C=O)cc1. The van der Waals surface area contributed by atoms with Gasteiger partial charge in [-0.05, 0) is 47.5 Å². The number of hydrogen-bond donors (Lipinski definition) is 0. The molecule has 0 aliphatic heterocycles. The Hall–Kier alpha value is -2.94. The maximum atomic E-state index is 12.1. The molecule has 0 heterocycles. The van der Waals surface area contributed by atoms with E-state index in [1.165, 1.54) is 12.2 Å². The molecule has 0 fully saturated rings. The highest BCUT2D eigenvalue weighted by Crippen LogP contribution is 2.15. The van der Waals surface area contributed by atoms with Crippen LogP contribution >= 0.6 is 0 Å². The topological polar surface area (TPSA) is 43.4 Å². The molecule has 22 heavy (non-hydrogen) atoms. The number of methoxy groups -OCH3 is 1. The number of aldehydes is 1. The molecular weight excluding hydrogens is 276 g/mol. The number of rotatable bonds is 6. The molecule has 0 aliphatic carbocycles. The van der Waals surface area contributed by atoms with E-state index in [0.29, 0.717) is 11.3 Å². The number of carbonyl (C=O) groups excluding carboxylic acids is 2. The molecule has 0 atom stereocenters. The summed E-state index contributed by atoms with van der Waals surface area (Å²) in [5.41, 5.74) is 2.36. The largest absolute Gasteiger partial charge is 0.497 e. The molecule has 2 rings (SSSR count). The first kappa shape index (κ1) is 15.4. The van der Waals surface area contributed by atoms with Crippen LogP contribution in [0.5, 0.6) is 5.75 Å². The second-order valence-corrected chi connectivity index (χ2v) is 4.55. The minimum absolute atomic E-state index is 0.0863. The van der Waals surface area contributed by atoms with Crippen LogP contribution in [0.1, 0.15) is 21.5 Å². The highest BCUT2D eigenvalue weighted by atomic mass is 16.5. The third-order valence-corrected chi connectivity index (χ3v) is 3.14. The van der Waals surface area contributed by atoms with Crippen molar-refractivity contribution in [1.82, 2.24) is 0 Å². The summed E-state index contributed by atoms with van der Waals surface area (Å²) >= 11 is 0. The Morgan fingerprint density at radius 2 is 1.59 bits per heavy atom. The van der Waals surface area contributed by atoms with Gasteiger partial charge < -0.3 is 4.74 Å². The highest BCUT2D eigenvalue weighted by molar-refractivity contribution is 6.07. The van der Waals surface area contributed by atoms with Gasteiger partial charge in [0.05, 0.1) is 7.11 Å². The van der Waals surface area contributed by atoms with Gasteiger partial charge in [0.1, 0.15) is 12.0 Å². The molecule has 110 valence electrons. The summed E-state index contributed by atoms with van der Waals surface area (Å²) in [6.07, 6.45) is 7.14. The van der Waals surface area contributed by atoms with Gasteiger partial charge in [0.2, 0.25) is 0 Å². The number of allylic oxidation sites excluding steroid dienone is 2. The summed E-state index contributed by atoms with van der Waals surface area (Å²) in [7, 11) is 1.58. The van der Waals surface area contributed by atoms with Gasteiger partial charge >= 0.3 is 0 Å². The Morgan fingerprint density at radius 1 is 0.955 bits per heavy atom. The van der Waals surface area contributed by atoms with E-state index in [4.69, 9.17) is 4.74 Å². The zero-order valence-electron chi connectivity index (χ0n) is 12.2. The molecule has 0 saturated heterocycles. The van der Waals surface area contributed by atoms with Crippen molar-refractivity contribution < 1.29 is 14.3 Å². The molecule has 0 saturated carbocycles. The Labute approximate surface area is 129 Å². The van der Waals surface area contributed by atoms with E-state index < -0.39 is 0 Å². The standard InChI is InChI=1S/C19H16O3/c1-22-18-11-8-17(9-12-18)19(21)13-10-16-6-3-2-5-15(16)7-4-14-20/h2-14H,1H3/b7-4+,13-10+. The molecule has 2 aromatic carbocycles. The van der Waals surface area contributed by atoms with Crippen LogP contribution in [0.4, 0.5) is 0 Å². The maximum absolute atomic E-state index is 12.1. The fourth-order valence-corrected chi connectivity index (χ4v) is 1.97. The van der Waals surface area contributed by atoms with Gasteiger partial charge in [0.15, 0.2) is 5.78 Å². The van der Waals surface area contributed by atoms with Gasteiger partial charge in [-0.25, -0.2) is 0 Å². The van der Waals surface area contributed by atoms with Crippen LogP contribution in [0, 0.1) is 0 Å². The van der Waals surface area contributed by atoms with E-state index in [1.807, 2.05) is 24.3 Å². The summed E-state index contributed by atoms with van der Waals surface area (Å²) < 4.78 is 5.07. The lowest BCUT2D eigenvalue weighted by atomic mass is 10.0. The van der Waals surface area contributed by atoms with E-state index in [0.717, 1.165) is 17.4 Å². The van der Waals surface area contributed by atoms with Crippen LogP contribution in [-0.2, 0) is 4.79 Å². The Morgan fingerprint density at radius 3 is 2.18 bits per heavy atom. The van der Waals surface area contributed by atoms with Crippen LogP contribution in [0.25, 0.3) is 12.2 Å². The number of carbonyl (C=O) groups is 2. The molecule has 0 aromatic heterocycles. The summed E-state index contributed by atoms with van der Waals surface area (Å²) in [6.45, 7) is 0. The van der Waals surface area contributed by atoms with Crippen molar-refractivity contribution in [2.75, 3.05) is 7.11 Å². The van der Waals surface area contributed by atoms with Crippen LogP contribution in [0.15, 0.2) is 60.7 Å². The van der Waals surface area contributed by atoms with Gasteiger partial charge in [0, 0.05) is 5.56 Å². The summed E-state index contributed by atoms with van der Waals surface area (Å²) in [6, 6.07) is 14.5. The highest BCUT2D eigenvalue weighted by Gasteiger charge is 2.02. The molecule has 0 spiro atoms. The van der Waals surface area contributed by atoms with Gasteiger partial charge in [-0.3, -0.25) is 9.59 Å². The molecule has 0 aliphatic rings. The average molecular weight is 292 g/mol. The number of hydrogen-bond acceptors (Lipinski definition) is 3. The lowest BCUT2D eigenvalue weighted by Gasteiger charge is -2.01. The number of ether oxygens (including phenoxy) is 1. The minimum Gasteiger partial charge on any atom is -0.497 e. The minimum atomic E-state index is -0.0863. The molecule has 0 N–H and O–H groups in total. The van der Waals surface area contributed by atoms with Crippen molar-refractivity contribution in [3.05, 3.63) is 77.4 Å². The second kappa shape index (κ2) is 7.74. The lowest BCUT2D eigenvalue weighted by molar-refractivity contribution is -0.104. The van der Waals surface area contributed by atoms with Crippen LogP contribution < -0.4 is 4.74 Å². The van der Waals surface area contributed by atoms with Crippen LogP contribution in [-0.4, -0.2) is 19.2 Å².